The summed E-state index contributed by atoms with van der Waals surface area (Å²) in [6.45, 7) is 1.17. The van der Waals surface area contributed by atoms with Crippen molar-refractivity contribution in [3.05, 3.63) is 36.4 Å². The molecule has 0 bridgehead atoms. The average Bonchev–Trinajstić information content (AvgIpc) is 2.49. The monoisotopic (exact) mass is 272 g/mol. The molecule has 1 heterocycles. The highest BCUT2D eigenvalue weighted by atomic mass is 16.6. The van der Waals surface area contributed by atoms with E-state index < -0.39 is 0 Å². The normalized spacial score (nSPS) is 12.8. The van der Waals surface area contributed by atoms with Crippen LogP contribution >= 0.6 is 0 Å². The summed E-state index contributed by atoms with van der Waals surface area (Å²) in [6, 6.07) is 11.3. The van der Waals surface area contributed by atoms with Gasteiger partial charge in [-0.2, -0.15) is 0 Å². The Morgan fingerprint density at radius 2 is 1.70 bits per heavy atom. The Bertz CT molecular complexity index is 629. The summed E-state index contributed by atoms with van der Waals surface area (Å²) in [5, 5.41) is 3.28. The third-order valence-electron chi connectivity index (χ3n) is 3.06. The molecule has 0 spiro atoms. The second kappa shape index (κ2) is 5.21. The Morgan fingerprint density at radius 1 is 1.00 bits per heavy atom. The number of nitrogens with two attached hydrogens (primary N) is 1. The minimum Gasteiger partial charge on any atom is -0.495 e. The van der Waals surface area contributed by atoms with Crippen LogP contribution in [0.3, 0.4) is 0 Å². The van der Waals surface area contributed by atoms with Gasteiger partial charge >= 0.3 is 0 Å². The molecule has 2 aromatic rings. The Morgan fingerprint density at radius 3 is 2.50 bits per heavy atom. The molecule has 0 saturated carbocycles. The first-order valence-electron chi connectivity index (χ1n) is 6.36. The molecule has 0 fully saturated rings. The number of anilines is 3. The van der Waals surface area contributed by atoms with E-state index in [0.717, 1.165) is 22.9 Å². The van der Waals surface area contributed by atoms with Crippen LogP contribution in [0.5, 0.6) is 17.2 Å². The van der Waals surface area contributed by atoms with Gasteiger partial charge in [0.1, 0.15) is 19.0 Å². The summed E-state index contributed by atoms with van der Waals surface area (Å²) in [5.74, 6) is 2.17. The SMILES string of the molecule is COc1cc(Nc2ccc3c(c2)OCCO3)ccc1N. The Labute approximate surface area is 117 Å². The highest BCUT2D eigenvalue weighted by Gasteiger charge is 2.11. The van der Waals surface area contributed by atoms with E-state index in [2.05, 4.69) is 5.32 Å². The lowest BCUT2D eigenvalue weighted by atomic mass is 10.2. The summed E-state index contributed by atoms with van der Waals surface area (Å²) in [5.41, 5.74) is 8.22. The molecule has 3 rings (SSSR count). The van der Waals surface area contributed by atoms with Gasteiger partial charge in [-0.15, -0.1) is 0 Å². The van der Waals surface area contributed by atoms with E-state index in [4.69, 9.17) is 19.9 Å². The summed E-state index contributed by atoms with van der Waals surface area (Å²) < 4.78 is 16.3. The topological polar surface area (TPSA) is 65.7 Å². The molecule has 0 radical (unpaired) electrons. The number of nitrogen functional groups attached to an aromatic ring is 1. The number of nitrogens with one attached hydrogen (secondary N) is 1. The van der Waals surface area contributed by atoms with Crippen LogP contribution in [0.1, 0.15) is 0 Å². The number of fused-ring (bicyclic) bond motifs is 1. The fourth-order valence-electron chi connectivity index (χ4n) is 2.08. The summed E-state index contributed by atoms with van der Waals surface area (Å²) in [6.07, 6.45) is 0. The first kappa shape index (κ1) is 12.5. The third-order valence-corrected chi connectivity index (χ3v) is 3.06. The van der Waals surface area contributed by atoms with Crippen LogP contribution in [0.4, 0.5) is 17.1 Å². The minimum atomic E-state index is 0.576. The van der Waals surface area contributed by atoms with Gasteiger partial charge in [0.2, 0.25) is 0 Å². The zero-order valence-electron chi connectivity index (χ0n) is 11.2. The largest absolute Gasteiger partial charge is 0.495 e. The lowest BCUT2D eigenvalue weighted by molar-refractivity contribution is 0.171. The van der Waals surface area contributed by atoms with Gasteiger partial charge < -0.3 is 25.3 Å². The predicted molar refractivity (Wildman–Crippen MR) is 78.1 cm³/mol. The van der Waals surface area contributed by atoms with Gasteiger partial charge in [-0.3, -0.25) is 0 Å². The van der Waals surface area contributed by atoms with Crippen molar-refractivity contribution in [1.29, 1.82) is 0 Å². The Kier molecular flexibility index (Phi) is 3.25. The number of ether oxygens (including phenoxy) is 3. The van der Waals surface area contributed by atoms with Crippen LogP contribution in [0.15, 0.2) is 36.4 Å². The molecule has 3 N–H and O–H groups in total. The lowest BCUT2D eigenvalue weighted by Gasteiger charge is -2.19. The molecular weight excluding hydrogens is 256 g/mol. The maximum absolute atomic E-state index is 5.80. The first-order valence-corrected chi connectivity index (χ1v) is 6.36. The molecule has 0 atom stereocenters. The molecule has 2 aromatic carbocycles. The van der Waals surface area contributed by atoms with Crippen molar-refractivity contribution in [2.24, 2.45) is 0 Å². The molecular formula is C15H16N2O3. The first-order chi connectivity index (χ1) is 9.76. The van der Waals surface area contributed by atoms with Gasteiger partial charge in [0.15, 0.2) is 11.5 Å². The van der Waals surface area contributed by atoms with Crippen LogP contribution in [0, 0.1) is 0 Å². The maximum atomic E-state index is 5.80. The van der Waals surface area contributed by atoms with Gasteiger partial charge in [-0.05, 0) is 24.3 Å². The molecule has 20 heavy (non-hydrogen) atoms. The molecule has 1 aliphatic heterocycles. The molecule has 104 valence electrons. The van der Waals surface area contributed by atoms with E-state index in [-0.39, 0.29) is 0 Å². The predicted octanol–water partition coefficient (Wildman–Crippen LogP) is 2.79. The van der Waals surface area contributed by atoms with Crippen LogP contribution in [-0.2, 0) is 0 Å². The standard InChI is InChI=1S/C15H16N2O3/c1-18-14-8-10(2-4-12(14)16)17-11-3-5-13-15(9-11)20-7-6-19-13/h2-5,8-9,17H,6-7,16H2,1H3. The van der Waals surface area contributed by atoms with Crippen molar-refractivity contribution in [3.8, 4) is 17.2 Å². The fraction of sp³-hybridized carbons (Fsp3) is 0.200. The number of rotatable bonds is 3. The minimum absolute atomic E-state index is 0.576. The molecule has 0 amide bonds. The highest BCUT2D eigenvalue weighted by molar-refractivity contribution is 5.68. The second-order valence-electron chi connectivity index (χ2n) is 4.44. The Hall–Kier alpha value is -2.56. The molecule has 0 unspecified atom stereocenters. The zero-order chi connectivity index (χ0) is 13.9. The van der Waals surface area contributed by atoms with E-state index in [9.17, 15) is 0 Å². The number of hydrogen-bond donors (Lipinski definition) is 2. The van der Waals surface area contributed by atoms with Gasteiger partial charge in [0.05, 0.1) is 12.8 Å². The summed E-state index contributed by atoms with van der Waals surface area (Å²) >= 11 is 0. The van der Waals surface area contributed by atoms with Crippen LogP contribution in [0.25, 0.3) is 0 Å². The van der Waals surface area contributed by atoms with Gasteiger partial charge in [-0.1, -0.05) is 0 Å². The van der Waals surface area contributed by atoms with E-state index in [0.29, 0.717) is 24.7 Å². The van der Waals surface area contributed by atoms with Gasteiger partial charge in [0, 0.05) is 23.5 Å². The van der Waals surface area contributed by atoms with E-state index in [1.54, 1.807) is 13.2 Å². The van der Waals surface area contributed by atoms with Crippen LogP contribution < -0.4 is 25.3 Å². The number of methoxy groups -OCH3 is 1. The molecule has 5 nitrogen and oxygen atoms in total. The Balaban J connectivity index is 1.84. The average molecular weight is 272 g/mol. The molecule has 1 aliphatic rings. The molecule has 0 saturated heterocycles. The molecule has 0 aromatic heterocycles. The molecule has 5 heteroatoms. The maximum Gasteiger partial charge on any atom is 0.163 e. The van der Waals surface area contributed by atoms with Crippen molar-refractivity contribution in [2.45, 2.75) is 0 Å². The highest BCUT2D eigenvalue weighted by Crippen LogP contribution is 2.34. The van der Waals surface area contributed by atoms with E-state index >= 15 is 0 Å². The second-order valence-corrected chi connectivity index (χ2v) is 4.44. The van der Waals surface area contributed by atoms with Crippen LogP contribution in [-0.4, -0.2) is 20.3 Å². The number of hydrogen-bond acceptors (Lipinski definition) is 5. The smallest absolute Gasteiger partial charge is 0.163 e. The lowest BCUT2D eigenvalue weighted by Crippen LogP contribution is -2.15. The zero-order valence-corrected chi connectivity index (χ0v) is 11.2. The third kappa shape index (κ3) is 2.42. The molecule has 0 aliphatic carbocycles. The van der Waals surface area contributed by atoms with Gasteiger partial charge in [0.25, 0.3) is 0 Å². The quantitative estimate of drug-likeness (QED) is 0.841. The van der Waals surface area contributed by atoms with E-state index in [1.165, 1.54) is 0 Å². The van der Waals surface area contributed by atoms with E-state index in [1.807, 2.05) is 30.3 Å². The number of benzene rings is 2. The van der Waals surface area contributed by atoms with Crippen molar-refractivity contribution < 1.29 is 14.2 Å². The summed E-state index contributed by atoms with van der Waals surface area (Å²) in [4.78, 5) is 0. The van der Waals surface area contributed by atoms with Crippen molar-refractivity contribution in [2.75, 3.05) is 31.4 Å². The van der Waals surface area contributed by atoms with Crippen molar-refractivity contribution in [3.63, 3.8) is 0 Å². The van der Waals surface area contributed by atoms with Crippen molar-refractivity contribution in [1.82, 2.24) is 0 Å². The van der Waals surface area contributed by atoms with Crippen molar-refractivity contribution >= 4 is 17.1 Å². The van der Waals surface area contributed by atoms with Crippen LogP contribution in [0.2, 0.25) is 0 Å². The fourth-order valence-corrected chi connectivity index (χ4v) is 2.08. The van der Waals surface area contributed by atoms with Gasteiger partial charge in [-0.25, -0.2) is 0 Å². The summed E-state index contributed by atoms with van der Waals surface area (Å²) in [7, 11) is 1.60.